The van der Waals surface area contributed by atoms with Crippen LogP contribution >= 0.6 is 0 Å². The minimum atomic E-state index is -3.18. The largest absolute Gasteiger partial charge is 0.378 e. The van der Waals surface area contributed by atoms with Gasteiger partial charge in [-0.05, 0) is 5.92 Å². The molecule has 1 fully saturated rings. The fraction of sp³-hybridized carbons (Fsp3) is 1.00. The van der Waals surface area contributed by atoms with Crippen molar-refractivity contribution in [3.63, 3.8) is 0 Å². The Morgan fingerprint density at radius 2 is 2.13 bits per heavy atom. The smallest absolute Gasteiger partial charge is 0.212 e. The van der Waals surface area contributed by atoms with E-state index in [0.29, 0.717) is 13.1 Å². The normalized spacial score (nSPS) is 27.5. The predicted molar refractivity (Wildman–Crippen MR) is 59.2 cm³/mol. The summed E-state index contributed by atoms with van der Waals surface area (Å²) in [6, 6.07) is -0.140. The molecule has 0 aromatic rings. The molecule has 0 radical (unpaired) electrons. The van der Waals surface area contributed by atoms with Crippen LogP contribution in [0.3, 0.4) is 0 Å². The second-order valence-corrected chi connectivity index (χ2v) is 6.13. The van der Waals surface area contributed by atoms with Gasteiger partial charge in [-0.15, -0.1) is 0 Å². The van der Waals surface area contributed by atoms with Gasteiger partial charge in [-0.25, -0.2) is 13.1 Å². The van der Waals surface area contributed by atoms with Crippen molar-refractivity contribution in [3.05, 3.63) is 0 Å². The van der Waals surface area contributed by atoms with Gasteiger partial charge < -0.3 is 10.1 Å². The maximum Gasteiger partial charge on any atom is 0.212 e. The quantitative estimate of drug-likeness (QED) is 0.678. The van der Waals surface area contributed by atoms with Crippen LogP contribution in [0, 0.1) is 5.92 Å². The lowest BCUT2D eigenvalue weighted by Gasteiger charge is -2.19. The van der Waals surface area contributed by atoms with Gasteiger partial charge in [0, 0.05) is 20.2 Å². The van der Waals surface area contributed by atoms with E-state index in [2.05, 4.69) is 10.0 Å². The number of hydrogen-bond donors (Lipinski definition) is 2. The van der Waals surface area contributed by atoms with Crippen LogP contribution in [0.15, 0.2) is 0 Å². The molecule has 15 heavy (non-hydrogen) atoms. The van der Waals surface area contributed by atoms with E-state index >= 15 is 0 Å². The Kier molecular flexibility index (Phi) is 4.51. The molecule has 1 aliphatic heterocycles. The monoisotopic (exact) mass is 236 g/mol. The van der Waals surface area contributed by atoms with Gasteiger partial charge in [0.15, 0.2) is 0 Å². The summed E-state index contributed by atoms with van der Waals surface area (Å²) in [7, 11) is -1.58. The first-order chi connectivity index (χ1) is 6.94. The Labute approximate surface area is 91.6 Å². The van der Waals surface area contributed by atoms with Gasteiger partial charge in [-0.3, -0.25) is 0 Å². The van der Waals surface area contributed by atoms with Crippen LogP contribution in [0.4, 0.5) is 0 Å². The molecular weight excluding hydrogens is 216 g/mol. The van der Waals surface area contributed by atoms with E-state index in [1.165, 1.54) is 0 Å². The van der Waals surface area contributed by atoms with Crippen molar-refractivity contribution in [2.45, 2.75) is 26.0 Å². The summed E-state index contributed by atoms with van der Waals surface area (Å²) in [6.07, 6.45) is -0.0630. The summed E-state index contributed by atoms with van der Waals surface area (Å²) < 4.78 is 31.2. The molecule has 6 heteroatoms. The lowest BCUT2D eigenvalue weighted by molar-refractivity contribution is 0.103. The number of hydrogen-bond acceptors (Lipinski definition) is 4. The standard InChI is InChI=1S/C9H20N2O3S/c1-7(2)6-15(12,13)11-8-4-10-5-9(8)14-3/h7-11H,4-6H2,1-3H3/t8?,9-/m0/s1. The molecule has 1 aliphatic rings. The van der Waals surface area contributed by atoms with Crippen molar-refractivity contribution in [2.75, 3.05) is 26.0 Å². The Morgan fingerprint density at radius 3 is 2.67 bits per heavy atom. The highest BCUT2D eigenvalue weighted by molar-refractivity contribution is 7.89. The van der Waals surface area contributed by atoms with Crippen LogP contribution in [0.25, 0.3) is 0 Å². The first kappa shape index (κ1) is 12.9. The number of nitrogens with one attached hydrogen (secondary N) is 2. The van der Waals surface area contributed by atoms with Crippen molar-refractivity contribution in [2.24, 2.45) is 5.92 Å². The molecule has 0 spiro atoms. The third-order valence-electron chi connectivity index (χ3n) is 2.34. The van der Waals surface area contributed by atoms with Gasteiger partial charge >= 0.3 is 0 Å². The third-order valence-corrected chi connectivity index (χ3v) is 4.11. The van der Waals surface area contributed by atoms with Gasteiger partial charge in [0.1, 0.15) is 0 Å². The average molecular weight is 236 g/mol. The maximum absolute atomic E-state index is 11.7. The number of sulfonamides is 1. The van der Waals surface area contributed by atoms with Gasteiger partial charge in [0.25, 0.3) is 0 Å². The van der Waals surface area contributed by atoms with Crippen molar-refractivity contribution >= 4 is 10.0 Å². The van der Waals surface area contributed by atoms with Crippen molar-refractivity contribution in [1.29, 1.82) is 0 Å². The highest BCUT2D eigenvalue weighted by Crippen LogP contribution is 2.07. The zero-order valence-corrected chi connectivity index (χ0v) is 10.3. The molecule has 1 unspecified atom stereocenters. The minimum Gasteiger partial charge on any atom is -0.378 e. The van der Waals surface area contributed by atoms with Crippen LogP contribution in [-0.2, 0) is 14.8 Å². The van der Waals surface area contributed by atoms with Gasteiger partial charge in [-0.2, -0.15) is 0 Å². The number of rotatable bonds is 5. The van der Waals surface area contributed by atoms with Gasteiger partial charge in [0.05, 0.1) is 17.9 Å². The van der Waals surface area contributed by atoms with E-state index in [-0.39, 0.29) is 23.8 Å². The maximum atomic E-state index is 11.7. The fourth-order valence-electron chi connectivity index (χ4n) is 1.74. The van der Waals surface area contributed by atoms with E-state index < -0.39 is 10.0 Å². The molecule has 1 rings (SSSR count). The topological polar surface area (TPSA) is 67.4 Å². The van der Waals surface area contributed by atoms with Crippen LogP contribution in [0.1, 0.15) is 13.8 Å². The predicted octanol–water partition coefficient (Wildman–Crippen LogP) is -0.451. The second kappa shape index (κ2) is 5.25. The van der Waals surface area contributed by atoms with Crippen LogP contribution in [0.2, 0.25) is 0 Å². The molecule has 0 aromatic carbocycles. The van der Waals surface area contributed by atoms with Crippen LogP contribution in [0.5, 0.6) is 0 Å². The Balaban J connectivity index is 2.53. The Morgan fingerprint density at radius 1 is 1.47 bits per heavy atom. The molecule has 2 N–H and O–H groups in total. The third kappa shape index (κ3) is 4.06. The summed E-state index contributed by atoms with van der Waals surface area (Å²) in [6.45, 7) is 5.11. The van der Waals surface area contributed by atoms with Gasteiger partial charge in [0.2, 0.25) is 10.0 Å². The summed E-state index contributed by atoms with van der Waals surface area (Å²) >= 11 is 0. The van der Waals surface area contributed by atoms with Gasteiger partial charge in [-0.1, -0.05) is 13.8 Å². The molecule has 1 saturated heterocycles. The van der Waals surface area contributed by atoms with Crippen molar-refractivity contribution in [3.8, 4) is 0 Å². The lowest BCUT2D eigenvalue weighted by Crippen LogP contribution is -2.44. The Hall–Kier alpha value is -0.170. The fourth-order valence-corrected chi connectivity index (χ4v) is 3.41. The minimum absolute atomic E-state index is 0.0630. The highest BCUT2D eigenvalue weighted by Gasteiger charge is 2.30. The molecule has 1 heterocycles. The molecular formula is C9H20N2O3S. The summed E-state index contributed by atoms with van der Waals surface area (Å²) in [5.74, 6) is 0.304. The first-order valence-corrected chi connectivity index (χ1v) is 6.83. The van der Waals surface area contributed by atoms with Crippen molar-refractivity contribution in [1.82, 2.24) is 10.0 Å². The number of ether oxygens (including phenoxy) is 1. The first-order valence-electron chi connectivity index (χ1n) is 5.18. The Bertz CT molecular complexity index is 290. The average Bonchev–Trinajstić information content (AvgIpc) is 2.48. The van der Waals surface area contributed by atoms with Crippen molar-refractivity contribution < 1.29 is 13.2 Å². The molecule has 0 saturated carbocycles. The zero-order chi connectivity index (χ0) is 11.5. The van der Waals surface area contributed by atoms with E-state index in [1.807, 2.05) is 13.8 Å². The summed E-state index contributed by atoms with van der Waals surface area (Å²) in [5.41, 5.74) is 0. The molecule has 0 amide bonds. The number of methoxy groups -OCH3 is 1. The highest BCUT2D eigenvalue weighted by atomic mass is 32.2. The van der Waals surface area contributed by atoms with E-state index in [0.717, 1.165) is 0 Å². The van der Waals surface area contributed by atoms with Crippen LogP contribution in [-0.4, -0.2) is 46.5 Å². The molecule has 0 bridgehead atoms. The lowest BCUT2D eigenvalue weighted by atomic mass is 10.2. The van der Waals surface area contributed by atoms with E-state index in [1.54, 1.807) is 7.11 Å². The van der Waals surface area contributed by atoms with E-state index in [4.69, 9.17) is 4.74 Å². The molecule has 0 aliphatic carbocycles. The van der Waals surface area contributed by atoms with Crippen LogP contribution < -0.4 is 10.0 Å². The molecule has 2 atom stereocenters. The second-order valence-electron chi connectivity index (χ2n) is 4.33. The SMILES string of the molecule is CO[C@H]1CNCC1NS(=O)(=O)CC(C)C. The molecule has 5 nitrogen and oxygen atoms in total. The van der Waals surface area contributed by atoms with E-state index in [9.17, 15) is 8.42 Å². The summed E-state index contributed by atoms with van der Waals surface area (Å²) in [5, 5.41) is 3.10. The molecule has 0 aromatic heterocycles. The summed E-state index contributed by atoms with van der Waals surface area (Å²) in [4.78, 5) is 0. The zero-order valence-electron chi connectivity index (χ0n) is 9.49. The molecule has 90 valence electrons.